The number of hydrogen-bond acceptors (Lipinski definition) is 6. The Morgan fingerprint density at radius 2 is 1.62 bits per heavy atom. The minimum atomic E-state index is -0.312. The Morgan fingerprint density at radius 3 is 2.07 bits per heavy atom. The van der Waals surface area contributed by atoms with Crippen molar-refractivity contribution in [3.63, 3.8) is 0 Å². The molecule has 7 nitrogen and oxygen atoms in total. The zero-order chi connectivity index (χ0) is 22.9. The van der Waals surface area contributed by atoms with Gasteiger partial charge in [0.1, 0.15) is 6.29 Å². The van der Waals surface area contributed by atoms with Gasteiger partial charge in [0.15, 0.2) is 0 Å². The van der Waals surface area contributed by atoms with E-state index < -0.39 is 0 Å². The third-order valence-corrected chi connectivity index (χ3v) is 4.67. The highest BCUT2D eigenvalue weighted by molar-refractivity contribution is 5.77. The quantitative estimate of drug-likeness (QED) is 0.314. The van der Waals surface area contributed by atoms with Crippen LogP contribution in [0.1, 0.15) is 67.2 Å². The summed E-state index contributed by atoms with van der Waals surface area (Å²) in [5.41, 5.74) is 10.4. The number of nitrogens with zero attached hydrogens (tertiary/aromatic N) is 2. The summed E-state index contributed by atoms with van der Waals surface area (Å²) < 4.78 is 5.97. The van der Waals surface area contributed by atoms with Gasteiger partial charge in [-0.3, -0.25) is 4.79 Å². The van der Waals surface area contributed by atoms with Crippen LogP contribution in [0.4, 0.5) is 0 Å². The standard InChI is InChI=1S/C17H37N3O2.C5H11NO/c1-8-19(7)12-16(3,4)13-22-14-17(5,6)20(9-2)15(21)10-11-18;6-4-2-1-3-5-7/h8-14,18H2,1-7H3;5H,1-4,6H2. The number of likely N-dealkylation sites (N-methyl/N-ethyl adjacent to an activating group) is 1. The lowest BCUT2D eigenvalue weighted by Gasteiger charge is -2.39. The highest BCUT2D eigenvalue weighted by Gasteiger charge is 2.30. The average Bonchev–Trinajstić information content (AvgIpc) is 2.62. The van der Waals surface area contributed by atoms with Crippen LogP contribution in [-0.2, 0) is 14.3 Å². The first-order valence-electron chi connectivity index (χ1n) is 10.9. The topological polar surface area (TPSA) is 102 Å². The van der Waals surface area contributed by atoms with E-state index in [2.05, 4.69) is 46.6 Å². The van der Waals surface area contributed by atoms with Crippen molar-refractivity contribution in [2.75, 3.05) is 53.0 Å². The number of rotatable bonds is 15. The Kier molecular flexibility index (Phi) is 17.4. The van der Waals surface area contributed by atoms with Gasteiger partial charge in [-0.05, 0) is 53.8 Å². The van der Waals surface area contributed by atoms with E-state index in [1.807, 2.05) is 11.8 Å². The van der Waals surface area contributed by atoms with Crippen molar-refractivity contribution in [1.29, 1.82) is 0 Å². The molecule has 0 aromatic heterocycles. The molecule has 29 heavy (non-hydrogen) atoms. The average molecular weight is 417 g/mol. The molecule has 0 radical (unpaired) electrons. The first-order chi connectivity index (χ1) is 13.5. The Hall–Kier alpha value is -1.02. The maximum absolute atomic E-state index is 12.1. The van der Waals surface area contributed by atoms with Gasteiger partial charge in [-0.1, -0.05) is 20.8 Å². The third kappa shape index (κ3) is 15.5. The predicted molar refractivity (Wildman–Crippen MR) is 122 cm³/mol. The van der Waals surface area contributed by atoms with Gasteiger partial charge in [0.25, 0.3) is 0 Å². The molecule has 0 bridgehead atoms. The lowest BCUT2D eigenvalue weighted by molar-refractivity contribution is -0.139. The van der Waals surface area contributed by atoms with Crippen LogP contribution >= 0.6 is 0 Å². The minimum Gasteiger partial charge on any atom is -0.378 e. The summed E-state index contributed by atoms with van der Waals surface area (Å²) in [6, 6.07) is 0. The summed E-state index contributed by atoms with van der Waals surface area (Å²) in [6.07, 6.45) is 3.90. The molecule has 0 unspecified atom stereocenters. The zero-order valence-electron chi connectivity index (χ0n) is 20.1. The van der Waals surface area contributed by atoms with Crippen LogP contribution in [0.25, 0.3) is 0 Å². The minimum absolute atomic E-state index is 0.0964. The number of nitrogens with two attached hydrogens (primary N) is 2. The molecule has 0 saturated carbocycles. The molecule has 7 heteroatoms. The highest BCUT2D eigenvalue weighted by atomic mass is 16.5. The monoisotopic (exact) mass is 416 g/mol. The first kappa shape index (κ1) is 30.2. The fraction of sp³-hybridized carbons (Fsp3) is 0.909. The molecule has 0 spiro atoms. The molecule has 0 aromatic carbocycles. The molecule has 0 aliphatic carbocycles. The van der Waals surface area contributed by atoms with Gasteiger partial charge in [0, 0.05) is 37.9 Å². The SMILES string of the molecule is CCN(C)CC(C)(C)COCC(C)(C)N(CC)C(=O)CCN.NCCCCC=O. The fourth-order valence-corrected chi connectivity index (χ4v) is 3.12. The summed E-state index contributed by atoms with van der Waals surface area (Å²) in [4.78, 5) is 25.9. The number of amides is 1. The van der Waals surface area contributed by atoms with Gasteiger partial charge in [-0.25, -0.2) is 0 Å². The lowest BCUT2D eigenvalue weighted by atomic mass is 9.94. The van der Waals surface area contributed by atoms with E-state index in [0.717, 1.165) is 32.2 Å². The van der Waals surface area contributed by atoms with E-state index in [4.69, 9.17) is 16.2 Å². The van der Waals surface area contributed by atoms with Gasteiger partial charge in [-0.2, -0.15) is 0 Å². The van der Waals surface area contributed by atoms with Crippen LogP contribution < -0.4 is 11.5 Å². The number of aldehydes is 1. The molecular weight excluding hydrogens is 368 g/mol. The Bertz CT molecular complexity index is 428. The number of ether oxygens (including phenoxy) is 1. The van der Waals surface area contributed by atoms with Crippen molar-refractivity contribution in [3.05, 3.63) is 0 Å². The van der Waals surface area contributed by atoms with Gasteiger partial charge in [0.2, 0.25) is 5.91 Å². The van der Waals surface area contributed by atoms with E-state index >= 15 is 0 Å². The summed E-state index contributed by atoms with van der Waals surface area (Å²) in [6.45, 7) is 17.7. The van der Waals surface area contributed by atoms with Crippen LogP contribution in [0.2, 0.25) is 0 Å². The molecule has 0 heterocycles. The van der Waals surface area contributed by atoms with Crippen molar-refractivity contribution in [1.82, 2.24) is 9.80 Å². The van der Waals surface area contributed by atoms with Crippen molar-refractivity contribution in [2.45, 2.75) is 72.8 Å². The van der Waals surface area contributed by atoms with Gasteiger partial charge in [-0.15, -0.1) is 0 Å². The molecule has 4 N–H and O–H groups in total. The summed E-state index contributed by atoms with van der Waals surface area (Å²) in [7, 11) is 2.12. The normalized spacial score (nSPS) is 11.8. The van der Waals surface area contributed by atoms with E-state index in [1.165, 1.54) is 0 Å². The molecule has 0 saturated heterocycles. The fourth-order valence-electron chi connectivity index (χ4n) is 3.12. The van der Waals surface area contributed by atoms with E-state index in [1.54, 1.807) is 0 Å². The molecule has 1 amide bonds. The molecule has 0 atom stereocenters. The first-order valence-corrected chi connectivity index (χ1v) is 10.9. The third-order valence-electron chi connectivity index (χ3n) is 4.67. The second kappa shape index (κ2) is 16.7. The number of unbranched alkanes of at least 4 members (excludes halogenated alkanes) is 2. The summed E-state index contributed by atoms with van der Waals surface area (Å²) in [5.74, 6) is 0.101. The summed E-state index contributed by atoms with van der Waals surface area (Å²) >= 11 is 0. The maximum Gasteiger partial charge on any atom is 0.224 e. The summed E-state index contributed by atoms with van der Waals surface area (Å²) in [5, 5.41) is 0. The number of carbonyl (C=O) groups excluding carboxylic acids is 2. The molecule has 0 fully saturated rings. The molecule has 0 aromatic rings. The van der Waals surface area contributed by atoms with Crippen LogP contribution in [0.15, 0.2) is 0 Å². The van der Waals surface area contributed by atoms with Crippen molar-refractivity contribution in [2.24, 2.45) is 16.9 Å². The number of hydrogen-bond donors (Lipinski definition) is 2. The second-order valence-electron chi connectivity index (χ2n) is 8.93. The Labute approximate surface area is 179 Å². The van der Waals surface area contributed by atoms with Crippen molar-refractivity contribution >= 4 is 12.2 Å². The molecular formula is C22H48N4O3. The Morgan fingerprint density at radius 1 is 1.00 bits per heavy atom. The van der Waals surface area contributed by atoms with Crippen LogP contribution in [0, 0.1) is 5.41 Å². The number of carbonyl (C=O) groups is 2. The largest absolute Gasteiger partial charge is 0.378 e. The van der Waals surface area contributed by atoms with Gasteiger partial charge >= 0.3 is 0 Å². The maximum atomic E-state index is 12.1. The molecule has 0 rings (SSSR count). The molecule has 0 aliphatic heterocycles. The van der Waals surface area contributed by atoms with E-state index in [0.29, 0.717) is 45.7 Å². The smallest absolute Gasteiger partial charge is 0.224 e. The lowest BCUT2D eigenvalue weighted by Crippen LogP contribution is -2.51. The van der Waals surface area contributed by atoms with Crippen LogP contribution in [0.5, 0.6) is 0 Å². The van der Waals surface area contributed by atoms with Crippen molar-refractivity contribution in [3.8, 4) is 0 Å². The zero-order valence-corrected chi connectivity index (χ0v) is 20.1. The van der Waals surface area contributed by atoms with Crippen LogP contribution in [-0.4, -0.2) is 80.5 Å². The van der Waals surface area contributed by atoms with Gasteiger partial charge < -0.3 is 30.8 Å². The van der Waals surface area contributed by atoms with E-state index in [-0.39, 0.29) is 16.9 Å². The van der Waals surface area contributed by atoms with E-state index in [9.17, 15) is 9.59 Å². The molecule has 0 aliphatic rings. The van der Waals surface area contributed by atoms with Crippen LogP contribution in [0.3, 0.4) is 0 Å². The second-order valence-corrected chi connectivity index (χ2v) is 8.93. The highest BCUT2D eigenvalue weighted by Crippen LogP contribution is 2.20. The van der Waals surface area contributed by atoms with Crippen molar-refractivity contribution < 1.29 is 14.3 Å². The van der Waals surface area contributed by atoms with Gasteiger partial charge in [0.05, 0.1) is 18.8 Å². The molecule has 174 valence electrons. The predicted octanol–water partition coefficient (Wildman–Crippen LogP) is 2.27. The Balaban J connectivity index is 0.